The van der Waals surface area contributed by atoms with Crippen LogP contribution in [0.3, 0.4) is 0 Å². The van der Waals surface area contributed by atoms with Gasteiger partial charge in [0.1, 0.15) is 0 Å². The van der Waals surface area contributed by atoms with Crippen LogP contribution in [0.15, 0.2) is 22.9 Å². The Hall–Kier alpha value is -1.96. The van der Waals surface area contributed by atoms with E-state index in [2.05, 4.69) is 36.4 Å². The van der Waals surface area contributed by atoms with Crippen LogP contribution < -0.4 is 5.32 Å². The molecule has 0 aliphatic carbocycles. The molecule has 7 nitrogen and oxygen atoms in total. The lowest BCUT2D eigenvalue weighted by molar-refractivity contribution is -0.384. The highest BCUT2D eigenvalue weighted by Crippen LogP contribution is 2.25. The van der Waals surface area contributed by atoms with E-state index >= 15 is 0 Å². The van der Waals surface area contributed by atoms with Crippen molar-refractivity contribution in [3.8, 4) is 0 Å². The molecule has 2 rings (SSSR count). The molecule has 2 aromatic heterocycles. The lowest BCUT2D eigenvalue weighted by atomic mass is 10.2. The lowest BCUT2D eigenvalue weighted by Gasteiger charge is -2.05. The van der Waals surface area contributed by atoms with Crippen LogP contribution in [-0.2, 0) is 6.54 Å². The smallest absolute Gasteiger partial charge is 0.312 e. The summed E-state index contributed by atoms with van der Waals surface area (Å²) in [6.07, 6.45) is 3.19. The van der Waals surface area contributed by atoms with Crippen molar-refractivity contribution in [2.24, 2.45) is 0 Å². The Bertz CT molecular complexity index is 583. The molecule has 2 heterocycles. The third kappa shape index (κ3) is 2.65. The fourth-order valence-corrected chi connectivity index (χ4v) is 1.76. The second kappa shape index (κ2) is 5.13. The first-order chi connectivity index (χ1) is 8.58. The Morgan fingerprint density at radius 2 is 2.33 bits per heavy atom. The highest BCUT2D eigenvalue weighted by molar-refractivity contribution is 9.10. The number of H-pyrrole nitrogens is 1. The number of aromatic amines is 1. The number of halogens is 1. The standard InChI is InChI=1S/C10H10BrN5O2/c1-6-7(4-14-15-6)3-12-10-9(16(17)18)2-8(11)5-13-10/h2,4-5H,3H2,1H3,(H,12,13)(H,14,15). The predicted octanol–water partition coefficient (Wildman–Crippen LogP) is 2.40. The van der Waals surface area contributed by atoms with Crippen LogP contribution in [0.2, 0.25) is 0 Å². The van der Waals surface area contributed by atoms with Crippen LogP contribution in [0.4, 0.5) is 11.5 Å². The van der Waals surface area contributed by atoms with Crippen molar-refractivity contribution in [2.45, 2.75) is 13.5 Å². The van der Waals surface area contributed by atoms with Crippen LogP contribution in [0.25, 0.3) is 0 Å². The number of rotatable bonds is 4. The molecular formula is C10H10BrN5O2. The zero-order valence-corrected chi connectivity index (χ0v) is 11.1. The molecule has 0 radical (unpaired) electrons. The monoisotopic (exact) mass is 311 g/mol. The number of pyridine rings is 1. The maximum atomic E-state index is 10.9. The molecule has 0 bridgehead atoms. The molecule has 0 unspecified atom stereocenters. The van der Waals surface area contributed by atoms with Crippen molar-refractivity contribution in [1.29, 1.82) is 0 Å². The molecule has 18 heavy (non-hydrogen) atoms. The largest absolute Gasteiger partial charge is 0.360 e. The summed E-state index contributed by atoms with van der Waals surface area (Å²) in [6, 6.07) is 1.41. The van der Waals surface area contributed by atoms with E-state index in [0.29, 0.717) is 11.0 Å². The van der Waals surface area contributed by atoms with Gasteiger partial charge in [-0.25, -0.2) is 4.98 Å². The average Bonchev–Trinajstić information content (AvgIpc) is 2.73. The Morgan fingerprint density at radius 1 is 1.56 bits per heavy atom. The van der Waals surface area contributed by atoms with Gasteiger partial charge in [0.2, 0.25) is 5.82 Å². The summed E-state index contributed by atoms with van der Waals surface area (Å²) in [6.45, 7) is 2.31. The van der Waals surface area contributed by atoms with Crippen LogP contribution in [0.1, 0.15) is 11.3 Å². The number of hydrogen-bond acceptors (Lipinski definition) is 5. The van der Waals surface area contributed by atoms with Gasteiger partial charge in [0.05, 0.1) is 11.1 Å². The van der Waals surface area contributed by atoms with Crippen LogP contribution in [0, 0.1) is 17.0 Å². The summed E-state index contributed by atoms with van der Waals surface area (Å²) >= 11 is 3.16. The topological polar surface area (TPSA) is 96.7 Å². The normalized spacial score (nSPS) is 10.3. The number of aromatic nitrogens is 3. The number of nitrogens with zero attached hydrogens (tertiary/aromatic N) is 3. The zero-order valence-electron chi connectivity index (χ0n) is 9.48. The number of hydrogen-bond donors (Lipinski definition) is 2. The van der Waals surface area contributed by atoms with E-state index < -0.39 is 4.92 Å². The minimum atomic E-state index is -0.470. The molecule has 0 aliphatic rings. The number of aryl methyl sites for hydroxylation is 1. The molecule has 0 saturated carbocycles. The van der Waals surface area contributed by atoms with Gasteiger partial charge in [0.15, 0.2) is 0 Å². The number of anilines is 1. The van der Waals surface area contributed by atoms with Gasteiger partial charge in [0, 0.05) is 34.5 Å². The van der Waals surface area contributed by atoms with E-state index in [1.54, 1.807) is 6.20 Å². The van der Waals surface area contributed by atoms with E-state index in [9.17, 15) is 10.1 Å². The molecule has 0 aliphatic heterocycles. The summed E-state index contributed by atoms with van der Waals surface area (Å²) < 4.78 is 0.569. The summed E-state index contributed by atoms with van der Waals surface area (Å²) in [5, 5.41) is 20.5. The maximum absolute atomic E-state index is 10.9. The van der Waals surface area contributed by atoms with Gasteiger partial charge in [-0.1, -0.05) is 0 Å². The highest BCUT2D eigenvalue weighted by atomic mass is 79.9. The van der Waals surface area contributed by atoms with E-state index in [4.69, 9.17) is 0 Å². The molecule has 8 heteroatoms. The van der Waals surface area contributed by atoms with Crippen molar-refractivity contribution >= 4 is 27.4 Å². The molecule has 0 amide bonds. The average molecular weight is 312 g/mol. The first kappa shape index (κ1) is 12.5. The van der Waals surface area contributed by atoms with Gasteiger partial charge in [-0.3, -0.25) is 15.2 Å². The van der Waals surface area contributed by atoms with Crippen molar-refractivity contribution in [2.75, 3.05) is 5.32 Å². The quantitative estimate of drug-likeness (QED) is 0.667. The van der Waals surface area contributed by atoms with Crippen LogP contribution in [-0.4, -0.2) is 20.1 Å². The van der Waals surface area contributed by atoms with Gasteiger partial charge >= 0.3 is 5.69 Å². The van der Waals surface area contributed by atoms with Crippen molar-refractivity contribution in [1.82, 2.24) is 15.2 Å². The second-order valence-electron chi connectivity index (χ2n) is 3.65. The number of nitro groups is 1. The van der Waals surface area contributed by atoms with Gasteiger partial charge in [0.25, 0.3) is 0 Å². The summed E-state index contributed by atoms with van der Waals surface area (Å²) in [4.78, 5) is 14.4. The predicted molar refractivity (Wildman–Crippen MR) is 69.2 cm³/mol. The van der Waals surface area contributed by atoms with Crippen molar-refractivity contribution in [3.63, 3.8) is 0 Å². The Labute approximate surface area is 111 Å². The van der Waals surface area contributed by atoms with Gasteiger partial charge in [-0.2, -0.15) is 5.10 Å². The van der Waals surface area contributed by atoms with E-state index in [1.807, 2.05) is 6.92 Å². The highest BCUT2D eigenvalue weighted by Gasteiger charge is 2.15. The Balaban J connectivity index is 2.19. The Morgan fingerprint density at radius 3 is 2.94 bits per heavy atom. The zero-order chi connectivity index (χ0) is 13.1. The second-order valence-corrected chi connectivity index (χ2v) is 4.57. The lowest BCUT2D eigenvalue weighted by Crippen LogP contribution is -2.05. The third-order valence-corrected chi connectivity index (χ3v) is 2.85. The summed E-state index contributed by atoms with van der Waals surface area (Å²) in [5.74, 6) is 0.240. The maximum Gasteiger partial charge on any atom is 0.312 e. The van der Waals surface area contributed by atoms with Gasteiger partial charge < -0.3 is 5.32 Å². The van der Waals surface area contributed by atoms with Crippen molar-refractivity contribution < 1.29 is 4.92 Å². The van der Waals surface area contributed by atoms with E-state index in [-0.39, 0.29) is 11.5 Å². The first-order valence-corrected chi connectivity index (χ1v) is 5.90. The van der Waals surface area contributed by atoms with E-state index in [0.717, 1.165) is 11.3 Å². The molecule has 0 saturated heterocycles. The molecule has 94 valence electrons. The summed E-state index contributed by atoms with van der Waals surface area (Å²) in [5.41, 5.74) is 1.79. The molecule has 0 atom stereocenters. The molecule has 0 aromatic carbocycles. The minimum Gasteiger partial charge on any atom is -0.360 e. The van der Waals surface area contributed by atoms with Crippen LogP contribution >= 0.6 is 15.9 Å². The Kier molecular flexibility index (Phi) is 3.56. The number of nitrogens with one attached hydrogen (secondary N) is 2. The molecule has 2 N–H and O–H groups in total. The molecule has 0 spiro atoms. The molecule has 0 fully saturated rings. The van der Waals surface area contributed by atoms with Gasteiger partial charge in [-0.15, -0.1) is 0 Å². The molecular weight excluding hydrogens is 302 g/mol. The SMILES string of the molecule is Cc1[nH]ncc1CNc1ncc(Br)cc1[N+](=O)[O-]. The fourth-order valence-electron chi connectivity index (χ4n) is 1.44. The molecule has 2 aromatic rings. The van der Waals surface area contributed by atoms with Crippen molar-refractivity contribution in [3.05, 3.63) is 44.3 Å². The minimum absolute atomic E-state index is 0.0643. The third-order valence-electron chi connectivity index (χ3n) is 2.41. The summed E-state index contributed by atoms with van der Waals surface area (Å²) in [7, 11) is 0. The first-order valence-electron chi connectivity index (χ1n) is 5.10. The van der Waals surface area contributed by atoms with Gasteiger partial charge in [-0.05, 0) is 22.9 Å². The van der Waals surface area contributed by atoms with Crippen LogP contribution in [0.5, 0.6) is 0 Å². The fraction of sp³-hybridized carbons (Fsp3) is 0.200. The van der Waals surface area contributed by atoms with E-state index in [1.165, 1.54) is 12.3 Å².